The maximum Gasteiger partial charge on any atom is 0.246 e. The van der Waals surface area contributed by atoms with E-state index in [1.807, 2.05) is 12.1 Å². The number of nitrogens with zero attached hydrogens (tertiary/aromatic N) is 4. The smallest absolute Gasteiger partial charge is 0.246 e. The molecule has 1 aliphatic carbocycles. The molecule has 1 saturated heterocycles. The van der Waals surface area contributed by atoms with Gasteiger partial charge in [0.25, 0.3) is 0 Å². The summed E-state index contributed by atoms with van der Waals surface area (Å²) in [5.74, 6) is -9.18. The van der Waals surface area contributed by atoms with E-state index in [0.717, 1.165) is 11.1 Å². The van der Waals surface area contributed by atoms with Crippen molar-refractivity contribution in [3.05, 3.63) is 65.2 Å². The predicted octanol–water partition coefficient (Wildman–Crippen LogP) is -5.72. The highest BCUT2D eigenvalue weighted by Gasteiger charge is 2.45. The highest BCUT2D eigenvalue weighted by molar-refractivity contribution is 6.00. The Labute approximate surface area is 558 Å². The van der Waals surface area contributed by atoms with Crippen LogP contribution in [0.4, 0.5) is 0 Å². The van der Waals surface area contributed by atoms with Crippen molar-refractivity contribution in [3.8, 4) is 5.75 Å². The second kappa shape index (κ2) is 39.8. The summed E-state index contributed by atoms with van der Waals surface area (Å²) in [6, 6.07) is 3.52. The van der Waals surface area contributed by atoms with Gasteiger partial charge < -0.3 is 109 Å². The maximum atomic E-state index is 14.9. The summed E-state index contributed by atoms with van der Waals surface area (Å²) < 4.78 is 0. The first-order valence-corrected chi connectivity index (χ1v) is 32.3. The van der Waals surface area contributed by atoms with Crippen LogP contribution in [0.1, 0.15) is 121 Å². The number of hydrogen-bond acceptors (Lipinski definition) is 17. The van der Waals surface area contributed by atoms with E-state index in [-0.39, 0.29) is 133 Å². The third-order valence-electron chi connectivity index (χ3n) is 16.1. The Morgan fingerprint density at radius 2 is 1.12 bits per heavy atom. The monoisotopic (exact) mass is 1340 g/mol. The number of amides is 11. The molecular formula is C62H100N22O12. The van der Waals surface area contributed by atoms with E-state index < -0.39 is 132 Å². The van der Waals surface area contributed by atoms with Crippen LogP contribution in [0.15, 0.2) is 63.5 Å². The minimum atomic E-state index is -1.67. The standard InChI is InChI=1S/C62H100N22O12/c1-35(2)30-46(82-58(96)62(24-23-38-12-4-5-13-39(38)32-62)83-49(87)34-75-48(86)33-76-52(90)41(64)31-37-19-21-40(85)22-20-37)55(93)80-44(16-9-27-73-60(68)69)54(92)79-43(15-8-26-72-59(66)67)53(91)77-36(3)51(89)81-45(17-10-28-74-61(70)71)57(95)84-29-11-18-47(84)56(94)78-42(50(65)88)14-6-7-25-63/h4-5,12-13,19-22,35-36,41-47,85H,6-11,14-18,23-34,63-64H2,1-3H3,(H2,65,88)(H,75,86)(H,76,90)(H,77,91)(H,78,94)(H,79,92)(H,80,93)(H,81,89)(H,82,96)(H,83,87)(H4,66,67,72)(H4,68,69,73)(H4,70,71,74)/t36-,41+,42+,43+,44+,45+,46+,47+,62+/m1/s1. The quantitative estimate of drug-likeness (QED) is 0.0168. The van der Waals surface area contributed by atoms with E-state index in [2.05, 4.69) is 62.8 Å². The van der Waals surface area contributed by atoms with Crippen LogP contribution in [-0.4, -0.2) is 193 Å². The van der Waals surface area contributed by atoms with Crippen LogP contribution in [0.2, 0.25) is 0 Å². The molecule has 2 aliphatic rings. The van der Waals surface area contributed by atoms with Gasteiger partial charge in [-0.1, -0.05) is 50.2 Å². The SMILES string of the molecule is CC(C)C[C@H](NC(=O)[C@]1(NC(=O)CNC(=O)CNC(=O)[C@@H](N)Cc2ccc(O)cc2)CCc2ccccc2C1)C(=O)N[C@@H](CCCN=C(N)N)C(=O)N[C@@H](CCCN=C(N)N)C(=O)N[C@H](C)C(=O)N[C@@H](CCCN=C(N)N)C(=O)N1CCC[C@H]1C(=O)N[C@@H](CCCCN)C(N)=O. The molecule has 2 aromatic rings. The Morgan fingerprint density at radius 3 is 1.69 bits per heavy atom. The first-order valence-electron chi connectivity index (χ1n) is 32.3. The Kier molecular flexibility index (Phi) is 32.5. The van der Waals surface area contributed by atoms with Gasteiger partial charge in [-0.25, -0.2) is 0 Å². The molecule has 1 fully saturated rings. The summed E-state index contributed by atoms with van der Waals surface area (Å²) in [6.45, 7) is 4.40. The van der Waals surface area contributed by atoms with Crippen molar-refractivity contribution in [1.29, 1.82) is 0 Å². The second-order valence-electron chi connectivity index (χ2n) is 24.4. The summed E-state index contributed by atoms with van der Waals surface area (Å²) >= 11 is 0. The van der Waals surface area contributed by atoms with Gasteiger partial charge in [-0.3, -0.25) is 67.7 Å². The Hall–Kier alpha value is -9.86. The first kappa shape index (κ1) is 78.6. The second-order valence-corrected chi connectivity index (χ2v) is 24.4. The molecule has 0 aromatic heterocycles. The molecule has 34 nitrogen and oxygen atoms in total. The van der Waals surface area contributed by atoms with Crippen molar-refractivity contribution < 1.29 is 57.8 Å². The highest BCUT2D eigenvalue weighted by Crippen LogP contribution is 2.30. The number of guanidine groups is 3. The van der Waals surface area contributed by atoms with Gasteiger partial charge in [0, 0.05) is 32.6 Å². The molecule has 0 radical (unpaired) electrons. The molecule has 0 unspecified atom stereocenters. The van der Waals surface area contributed by atoms with Crippen LogP contribution in [0.25, 0.3) is 0 Å². The van der Waals surface area contributed by atoms with Gasteiger partial charge in [-0.2, -0.15) is 0 Å². The molecule has 34 heteroatoms. The summed E-state index contributed by atoms with van der Waals surface area (Å²) in [7, 11) is 0. The zero-order valence-corrected chi connectivity index (χ0v) is 55.0. The van der Waals surface area contributed by atoms with Crippen LogP contribution < -0.4 is 99.5 Å². The lowest BCUT2D eigenvalue weighted by atomic mass is 9.77. The maximum absolute atomic E-state index is 14.9. The van der Waals surface area contributed by atoms with Crippen molar-refractivity contribution in [2.75, 3.05) is 45.8 Å². The van der Waals surface area contributed by atoms with E-state index in [1.165, 1.54) is 24.0 Å². The summed E-state index contributed by atoms with van der Waals surface area (Å²) in [5.41, 5.74) is 51.4. The fraction of sp³-hybridized carbons (Fsp3) is 0.581. The van der Waals surface area contributed by atoms with Crippen LogP contribution in [0.3, 0.4) is 0 Å². The summed E-state index contributed by atoms with van der Waals surface area (Å²) in [4.78, 5) is 166. The number of likely N-dealkylation sites (tertiary alicyclic amines) is 1. The average Bonchev–Trinajstić information content (AvgIpc) is 0.887. The molecule has 1 heterocycles. The van der Waals surface area contributed by atoms with Crippen molar-refractivity contribution in [3.63, 3.8) is 0 Å². The molecule has 0 bridgehead atoms. The number of primary amides is 1. The molecular weight excluding hydrogens is 1240 g/mol. The number of rotatable bonds is 40. The van der Waals surface area contributed by atoms with Crippen LogP contribution >= 0.6 is 0 Å². The third kappa shape index (κ3) is 26.9. The van der Waals surface area contributed by atoms with Gasteiger partial charge in [-0.15, -0.1) is 0 Å². The molecule has 1 aliphatic heterocycles. The summed E-state index contributed by atoms with van der Waals surface area (Å²) in [5, 5.41) is 33.5. The van der Waals surface area contributed by atoms with Gasteiger partial charge in [0.1, 0.15) is 53.6 Å². The fourth-order valence-electron chi connectivity index (χ4n) is 11.0. The molecule has 96 heavy (non-hydrogen) atoms. The average molecular weight is 1350 g/mol. The molecule has 11 amide bonds. The highest BCUT2D eigenvalue weighted by atomic mass is 16.3. The number of carbonyl (C=O) groups excluding carboxylic acids is 11. The molecule has 9 atom stereocenters. The number of unbranched alkanes of at least 4 members (excludes halogenated alkanes) is 1. The topological polar surface area (TPSA) is 591 Å². The minimum Gasteiger partial charge on any atom is -0.508 e. The lowest BCUT2D eigenvalue weighted by Crippen LogP contribution is -2.65. The van der Waals surface area contributed by atoms with E-state index in [4.69, 9.17) is 51.6 Å². The number of benzene rings is 2. The third-order valence-corrected chi connectivity index (χ3v) is 16.1. The molecule has 0 saturated carbocycles. The number of hydrogen-bond donors (Lipinski definition) is 19. The number of nitrogens with one attached hydrogen (secondary N) is 9. The number of aryl methyl sites for hydroxylation is 1. The fourth-order valence-corrected chi connectivity index (χ4v) is 11.0. The van der Waals surface area contributed by atoms with Gasteiger partial charge in [0.2, 0.25) is 65.0 Å². The molecule has 2 aromatic carbocycles. The van der Waals surface area contributed by atoms with Crippen LogP contribution in [-0.2, 0) is 72.0 Å². The van der Waals surface area contributed by atoms with Crippen molar-refractivity contribution in [1.82, 2.24) is 52.8 Å². The van der Waals surface area contributed by atoms with E-state index in [0.29, 0.717) is 37.8 Å². The number of aliphatic imine (C=N–C) groups is 3. The normalized spacial score (nSPS) is 16.9. The zero-order valence-electron chi connectivity index (χ0n) is 55.0. The Bertz CT molecular complexity index is 3080. The van der Waals surface area contributed by atoms with Gasteiger partial charge >= 0.3 is 0 Å². The van der Waals surface area contributed by atoms with Gasteiger partial charge in [0.15, 0.2) is 17.9 Å². The molecule has 28 N–H and O–H groups in total. The van der Waals surface area contributed by atoms with E-state index >= 15 is 0 Å². The zero-order chi connectivity index (χ0) is 71.1. The Morgan fingerprint density at radius 1 is 0.594 bits per heavy atom. The number of phenols is 1. The van der Waals surface area contributed by atoms with Crippen molar-refractivity contribution in [2.45, 2.75) is 177 Å². The van der Waals surface area contributed by atoms with Gasteiger partial charge in [0.05, 0.1) is 19.1 Å². The molecule has 0 spiro atoms. The van der Waals surface area contributed by atoms with E-state index in [9.17, 15) is 57.8 Å². The number of phenolic OH excluding ortho intramolecular Hbond substituents is 1. The largest absolute Gasteiger partial charge is 0.508 e. The van der Waals surface area contributed by atoms with Crippen LogP contribution in [0.5, 0.6) is 5.75 Å². The predicted molar refractivity (Wildman–Crippen MR) is 358 cm³/mol. The summed E-state index contributed by atoms with van der Waals surface area (Å²) in [6.07, 6.45) is 2.69. The van der Waals surface area contributed by atoms with E-state index in [1.54, 1.807) is 38.1 Å². The number of fused-ring (bicyclic) bond motifs is 1. The number of nitrogens with two attached hydrogens (primary N) is 9. The van der Waals surface area contributed by atoms with Gasteiger partial charge in [-0.05, 0) is 145 Å². The molecule has 4 rings (SSSR count). The molecule has 530 valence electrons. The number of aromatic hydroxyl groups is 1. The first-order chi connectivity index (χ1) is 45.5. The number of carbonyl (C=O) groups is 11. The Balaban J connectivity index is 1.55. The van der Waals surface area contributed by atoms with Crippen molar-refractivity contribution >= 4 is 82.9 Å². The van der Waals surface area contributed by atoms with Crippen molar-refractivity contribution in [2.24, 2.45) is 72.5 Å². The minimum absolute atomic E-state index is 0.00585. The van der Waals surface area contributed by atoms with Crippen LogP contribution in [0, 0.1) is 5.92 Å². The lowest BCUT2D eigenvalue weighted by Gasteiger charge is -2.39. The lowest BCUT2D eigenvalue weighted by molar-refractivity contribution is -0.142.